The molecule has 0 amide bonds. The van der Waals surface area contributed by atoms with Crippen molar-refractivity contribution in [2.75, 3.05) is 11.9 Å². The van der Waals surface area contributed by atoms with Crippen LogP contribution in [-0.2, 0) is 7.05 Å². The lowest BCUT2D eigenvalue weighted by Gasteiger charge is -2.06. The van der Waals surface area contributed by atoms with Crippen LogP contribution in [0.5, 0.6) is 0 Å². The van der Waals surface area contributed by atoms with Gasteiger partial charge in [-0.05, 0) is 18.7 Å². The number of aromatic nitrogens is 5. The van der Waals surface area contributed by atoms with Crippen LogP contribution in [0, 0.1) is 10.1 Å². The fourth-order valence-corrected chi connectivity index (χ4v) is 2.18. The highest BCUT2D eigenvalue weighted by Crippen LogP contribution is 2.35. The van der Waals surface area contributed by atoms with Gasteiger partial charge < -0.3 is 5.32 Å². The molecule has 0 spiro atoms. The maximum absolute atomic E-state index is 11.2. The van der Waals surface area contributed by atoms with E-state index in [0.29, 0.717) is 11.7 Å². The van der Waals surface area contributed by atoms with Gasteiger partial charge in [0.15, 0.2) is 10.2 Å². The van der Waals surface area contributed by atoms with Crippen LogP contribution >= 0.6 is 11.8 Å². The van der Waals surface area contributed by atoms with Crippen LogP contribution in [0.15, 0.2) is 22.8 Å². The van der Waals surface area contributed by atoms with Crippen LogP contribution in [0.3, 0.4) is 0 Å². The monoisotopic (exact) mass is 281 g/mol. The van der Waals surface area contributed by atoms with E-state index in [2.05, 4.69) is 25.4 Å². The number of aryl methyl sites for hydroxylation is 1. The van der Waals surface area contributed by atoms with Crippen molar-refractivity contribution >= 4 is 23.3 Å². The number of nitrogens with one attached hydrogen (secondary N) is 1. The molecule has 2 aromatic heterocycles. The Balaban J connectivity index is 2.42. The molecule has 0 saturated carbocycles. The zero-order chi connectivity index (χ0) is 13.8. The molecule has 2 heterocycles. The Morgan fingerprint density at radius 1 is 1.42 bits per heavy atom. The Bertz CT molecular complexity index is 600. The van der Waals surface area contributed by atoms with Gasteiger partial charge in [0.25, 0.3) is 0 Å². The number of hydrogen-bond acceptors (Lipinski definition) is 8. The van der Waals surface area contributed by atoms with E-state index >= 15 is 0 Å². The first-order valence-corrected chi connectivity index (χ1v) is 6.20. The Morgan fingerprint density at radius 2 is 2.21 bits per heavy atom. The molecule has 1 N–H and O–H groups in total. The number of anilines is 1. The normalized spacial score (nSPS) is 10.4. The smallest absolute Gasteiger partial charge is 0.343 e. The molecule has 9 nitrogen and oxygen atoms in total. The standard InChI is InChI=1S/C9H11N7O2S/c1-3-10-7-6(16(17)18)8(12-4-11-7)19-9-13-5-14-15(9)2/h4-5H,3H2,1-2H3,(H,10,11,12). The summed E-state index contributed by atoms with van der Waals surface area (Å²) in [6, 6.07) is 0. The summed E-state index contributed by atoms with van der Waals surface area (Å²) in [5.41, 5.74) is -0.155. The van der Waals surface area contributed by atoms with E-state index in [9.17, 15) is 10.1 Å². The molecule has 2 aromatic rings. The number of rotatable bonds is 5. The second-order valence-electron chi connectivity index (χ2n) is 3.43. The summed E-state index contributed by atoms with van der Waals surface area (Å²) in [6.45, 7) is 2.37. The minimum absolute atomic E-state index is 0.155. The van der Waals surface area contributed by atoms with Crippen LogP contribution < -0.4 is 5.32 Å². The van der Waals surface area contributed by atoms with Crippen LogP contribution in [0.25, 0.3) is 0 Å². The third-order valence-corrected chi connectivity index (χ3v) is 3.22. The van der Waals surface area contributed by atoms with Crippen LogP contribution in [0.1, 0.15) is 6.92 Å². The van der Waals surface area contributed by atoms with Crippen molar-refractivity contribution in [1.82, 2.24) is 24.7 Å². The van der Waals surface area contributed by atoms with Crippen LogP contribution in [0.2, 0.25) is 0 Å². The second-order valence-corrected chi connectivity index (χ2v) is 4.39. The molecule has 2 rings (SSSR count). The van der Waals surface area contributed by atoms with Gasteiger partial charge in [0.1, 0.15) is 12.7 Å². The lowest BCUT2D eigenvalue weighted by molar-refractivity contribution is -0.387. The molecule has 0 unspecified atom stereocenters. The lowest BCUT2D eigenvalue weighted by atomic mass is 10.5. The van der Waals surface area contributed by atoms with Gasteiger partial charge in [0.05, 0.1) is 4.92 Å². The van der Waals surface area contributed by atoms with Crippen molar-refractivity contribution in [3.63, 3.8) is 0 Å². The molecule has 0 atom stereocenters. The zero-order valence-corrected chi connectivity index (χ0v) is 11.1. The highest BCUT2D eigenvalue weighted by molar-refractivity contribution is 7.99. The van der Waals surface area contributed by atoms with E-state index in [-0.39, 0.29) is 16.5 Å². The molecule has 0 aliphatic rings. The molecule has 0 bridgehead atoms. The highest BCUT2D eigenvalue weighted by Gasteiger charge is 2.24. The molecular formula is C9H11N7O2S. The van der Waals surface area contributed by atoms with Crippen molar-refractivity contribution in [3.05, 3.63) is 22.8 Å². The van der Waals surface area contributed by atoms with Gasteiger partial charge in [0, 0.05) is 13.6 Å². The summed E-state index contributed by atoms with van der Waals surface area (Å²) < 4.78 is 1.52. The number of nitrogens with zero attached hydrogens (tertiary/aromatic N) is 6. The summed E-state index contributed by atoms with van der Waals surface area (Å²) >= 11 is 1.07. The van der Waals surface area contributed by atoms with Gasteiger partial charge >= 0.3 is 5.69 Å². The summed E-state index contributed by atoms with van der Waals surface area (Å²) in [5, 5.41) is 18.7. The number of nitro groups is 1. The second kappa shape index (κ2) is 5.61. The van der Waals surface area contributed by atoms with Crippen molar-refractivity contribution in [2.45, 2.75) is 17.1 Å². The van der Waals surface area contributed by atoms with Crippen molar-refractivity contribution in [1.29, 1.82) is 0 Å². The zero-order valence-electron chi connectivity index (χ0n) is 10.3. The molecule has 0 aromatic carbocycles. The van der Waals surface area contributed by atoms with E-state index in [1.54, 1.807) is 7.05 Å². The van der Waals surface area contributed by atoms with E-state index in [4.69, 9.17) is 0 Å². The Labute approximate surface area is 112 Å². The molecule has 0 fully saturated rings. The molecule has 0 saturated heterocycles. The van der Waals surface area contributed by atoms with Crippen LogP contribution in [-0.4, -0.2) is 36.2 Å². The SMILES string of the molecule is CCNc1ncnc(Sc2ncnn2C)c1[N+](=O)[O-]. The largest absolute Gasteiger partial charge is 0.364 e. The van der Waals surface area contributed by atoms with Gasteiger partial charge in [-0.3, -0.25) is 10.1 Å². The first-order chi connectivity index (χ1) is 9.13. The van der Waals surface area contributed by atoms with Gasteiger partial charge in [-0.15, -0.1) is 0 Å². The van der Waals surface area contributed by atoms with Crippen molar-refractivity contribution < 1.29 is 4.92 Å². The third kappa shape index (κ3) is 2.78. The third-order valence-electron chi connectivity index (χ3n) is 2.17. The van der Waals surface area contributed by atoms with Crippen LogP contribution in [0.4, 0.5) is 11.5 Å². The topological polar surface area (TPSA) is 112 Å². The van der Waals surface area contributed by atoms with E-state index in [0.717, 1.165) is 11.8 Å². The fourth-order valence-electron chi connectivity index (χ4n) is 1.36. The first-order valence-electron chi connectivity index (χ1n) is 5.38. The van der Waals surface area contributed by atoms with Crippen molar-refractivity contribution in [2.24, 2.45) is 7.05 Å². The predicted octanol–water partition coefficient (Wildman–Crippen LogP) is 1.10. The Hall–Kier alpha value is -2.23. The molecule has 19 heavy (non-hydrogen) atoms. The van der Waals surface area contributed by atoms with E-state index in [1.807, 2.05) is 6.92 Å². The molecule has 0 radical (unpaired) electrons. The molecule has 0 aliphatic heterocycles. The fraction of sp³-hybridized carbons (Fsp3) is 0.333. The van der Waals surface area contributed by atoms with Gasteiger partial charge in [0.2, 0.25) is 5.82 Å². The minimum Gasteiger partial charge on any atom is -0.364 e. The highest BCUT2D eigenvalue weighted by atomic mass is 32.2. The van der Waals surface area contributed by atoms with E-state index in [1.165, 1.54) is 17.3 Å². The average Bonchev–Trinajstić information content (AvgIpc) is 2.75. The average molecular weight is 281 g/mol. The Kier molecular flexibility index (Phi) is 3.90. The summed E-state index contributed by atoms with van der Waals surface area (Å²) in [6.07, 6.45) is 2.66. The van der Waals surface area contributed by atoms with Crippen molar-refractivity contribution in [3.8, 4) is 0 Å². The lowest BCUT2D eigenvalue weighted by Crippen LogP contribution is -2.06. The maximum atomic E-state index is 11.2. The maximum Gasteiger partial charge on any atom is 0.343 e. The van der Waals surface area contributed by atoms with Gasteiger partial charge in [-0.1, -0.05) is 0 Å². The quantitative estimate of drug-likeness (QED) is 0.492. The molecular weight excluding hydrogens is 270 g/mol. The molecule has 100 valence electrons. The Morgan fingerprint density at radius 3 is 2.79 bits per heavy atom. The van der Waals surface area contributed by atoms with Gasteiger partial charge in [-0.2, -0.15) is 5.10 Å². The number of hydrogen-bond donors (Lipinski definition) is 1. The first kappa shape index (κ1) is 13.2. The summed E-state index contributed by atoms with van der Waals surface area (Å²) in [7, 11) is 1.70. The summed E-state index contributed by atoms with van der Waals surface area (Å²) in [4.78, 5) is 22.5. The van der Waals surface area contributed by atoms with Gasteiger partial charge in [-0.25, -0.2) is 19.6 Å². The molecule has 10 heteroatoms. The molecule has 0 aliphatic carbocycles. The minimum atomic E-state index is -0.503. The van der Waals surface area contributed by atoms with E-state index < -0.39 is 4.92 Å². The summed E-state index contributed by atoms with van der Waals surface area (Å²) in [5.74, 6) is 0.201. The predicted molar refractivity (Wildman–Crippen MR) is 68.0 cm³/mol.